The van der Waals surface area contributed by atoms with Crippen molar-refractivity contribution in [1.29, 1.82) is 0 Å². The second kappa shape index (κ2) is 13.7. The number of anilines is 1. The van der Waals surface area contributed by atoms with E-state index in [1.54, 1.807) is 32.2 Å². The number of carbonyl (C=O) groups is 3. The van der Waals surface area contributed by atoms with E-state index >= 15 is 0 Å². The van der Waals surface area contributed by atoms with Crippen molar-refractivity contribution < 1.29 is 28.6 Å². The number of hydrogen-bond donors (Lipinski definition) is 2. The fraction of sp³-hybridized carbons (Fsp3) is 0.259. The minimum absolute atomic E-state index is 0.200. The first-order chi connectivity index (χ1) is 19.2. The van der Waals surface area contributed by atoms with Gasteiger partial charge in [-0.2, -0.15) is 5.10 Å². The first-order valence-corrected chi connectivity index (χ1v) is 15.3. The molecule has 0 atom stereocenters. The Balaban J connectivity index is 1.40. The minimum atomic E-state index is -0.971. The van der Waals surface area contributed by atoms with Crippen LogP contribution in [0.2, 0.25) is 0 Å². The lowest BCUT2D eigenvalue weighted by Gasteiger charge is -2.13. The van der Waals surface area contributed by atoms with Gasteiger partial charge in [-0.1, -0.05) is 15.9 Å². The van der Waals surface area contributed by atoms with E-state index in [0.29, 0.717) is 27.6 Å². The largest absolute Gasteiger partial charge is 0.496 e. The van der Waals surface area contributed by atoms with Gasteiger partial charge in [0.2, 0.25) is 0 Å². The molecule has 0 aliphatic heterocycles. The Morgan fingerprint density at radius 2 is 1.82 bits per heavy atom. The zero-order chi connectivity index (χ0) is 28.8. The third kappa shape index (κ3) is 7.12. The summed E-state index contributed by atoms with van der Waals surface area (Å²) in [7, 11) is 1.56. The quantitative estimate of drug-likeness (QED) is 0.113. The first-order valence-electron chi connectivity index (χ1n) is 12.1. The summed E-state index contributed by atoms with van der Waals surface area (Å²) < 4.78 is 19.1. The number of hydrazone groups is 1. The molecular formula is C27H24Br3N3O6S. The highest BCUT2D eigenvalue weighted by molar-refractivity contribution is 9.11. The van der Waals surface area contributed by atoms with Gasteiger partial charge in [-0.25, -0.2) is 10.2 Å². The summed E-state index contributed by atoms with van der Waals surface area (Å²) >= 11 is 11.7. The zero-order valence-electron chi connectivity index (χ0n) is 21.4. The summed E-state index contributed by atoms with van der Waals surface area (Å²) in [5, 5.41) is 6.78. The standard InChI is InChI=1S/C27H24Br3N3O6S/c1-3-38-27(36)22-17-5-4-6-21(17)40-26(22)32-24(34)25(35)33-31-12-14-7-8-20(37-2)15(9-14)13-39-23-18(29)10-16(28)11-19(23)30/h7-12H,3-6,13H2,1-2H3,(H,32,34)(H,33,35). The van der Waals surface area contributed by atoms with Crippen LogP contribution in [0, 0.1) is 0 Å². The van der Waals surface area contributed by atoms with Gasteiger partial charge in [0.15, 0.2) is 0 Å². The highest BCUT2D eigenvalue weighted by Crippen LogP contribution is 2.40. The van der Waals surface area contributed by atoms with Gasteiger partial charge < -0.3 is 19.5 Å². The van der Waals surface area contributed by atoms with Crippen molar-refractivity contribution >= 4 is 88.1 Å². The summed E-state index contributed by atoms with van der Waals surface area (Å²) in [6.07, 6.45) is 3.91. The van der Waals surface area contributed by atoms with Gasteiger partial charge in [-0.05, 0) is 99.5 Å². The van der Waals surface area contributed by atoms with E-state index in [2.05, 4.69) is 63.6 Å². The van der Waals surface area contributed by atoms with Crippen LogP contribution in [0.5, 0.6) is 11.5 Å². The molecule has 0 radical (unpaired) electrons. The van der Waals surface area contributed by atoms with E-state index in [4.69, 9.17) is 14.2 Å². The van der Waals surface area contributed by atoms with Gasteiger partial charge in [0.1, 0.15) is 23.1 Å². The normalized spacial score (nSPS) is 12.2. The number of rotatable bonds is 9. The Bertz CT molecular complexity index is 1470. The van der Waals surface area contributed by atoms with Crippen LogP contribution in [0.3, 0.4) is 0 Å². The lowest BCUT2D eigenvalue weighted by atomic mass is 10.1. The van der Waals surface area contributed by atoms with E-state index < -0.39 is 17.8 Å². The Kier molecular flexibility index (Phi) is 10.4. The highest BCUT2D eigenvalue weighted by Gasteiger charge is 2.29. The number of benzene rings is 2. The van der Waals surface area contributed by atoms with Crippen LogP contribution >= 0.6 is 59.1 Å². The van der Waals surface area contributed by atoms with E-state index in [9.17, 15) is 14.4 Å². The average Bonchev–Trinajstić information content (AvgIpc) is 3.49. The predicted molar refractivity (Wildman–Crippen MR) is 164 cm³/mol. The maximum atomic E-state index is 12.6. The van der Waals surface area contributed by atoms with Crippen LogP contribution in [0.25, 0.3) is 0 Å². The van der Waals surface area contributed by atoms with Crippen LogP contribution in [0.1, 0.15) is 45.3 Å². The molecule has 0 unspecified atom stereocenters. The number of fused-ring (bicyclic) bond motifs is 1. The fourth-order valence-electron chi connectivity index (χ4n) is 4.10. The molecule has 9 nitrogen and oxygen atoms in total. The number of esters is 1. The van der Waals surface area contributed by atoms with Crippen LogP contribution in [-0.2, 0) is 33.8 Å². The van der Waals surface area contributed by atoms with Crippen LogP contribution < -0.4 is 20.2 Å². The molecule has 1 aliphatic carbocycles. The average molecular weight is 758 g/mol. The number of halogens is 3. The summed E-state index contributed by atoms with van der Waals surface area (Å²) in [5.74, 6) is -1.16. The predicted octanol–water partition coefficient (Wildman–Crippen LogP) is 6.38. The molecule has 2 N–H and O–H groups in total. The van der Waals surface area contributed by atoms with E-state index in [1.807, 2.05) is 12.1 Å². The first kappa shape index (κ1) is 30.2. The molecule has 13 heteroatoms. The van der Waals surface area contributed by atoms with Gasteiger partial charge in [0, 0.05) is 14.9 Å². The smallest absolute Gasteiger partial charge is 0.341 e. The number of aryl methyl sites for hydroxylation is 1. The van der Waals surface area contributed by atoms with Gasteiger partial charge >= 0.3 is 17.8 Å². The Labute approximate surface area is 260 Å². The van der Waals surface area contributed by atoms with Gasteiger partial charge in [0.05, 0.1) is 34.4 Å². The molecule has 0 saturated carbocycles. The molecule has 3 aromatic rings. The summed E-state index contributed by atoms with van der Waals surface area (Å²) in [5.41, 5.74) is 4.84. The third-order valence-corrected chi connectivity index (χ3v) is 8.70. The molecule has 210 valence electrons. The number of amides is 2. The summed E-state index contributed by atoms with van der Waals surface area (Å²) in [4.78, 5) is 38.5. The number of nitrogens with zero attached hydrogens (tertiary/aromatic N) is 1. The van der Waals surface area contributed by atoms with Crippen LogP contribution in [0.4, 0.5) is 5.00 Å². The molecule has 1 aliphatic rings. The van der Waals surface area contributed by atoms with Crippen molar-refractivity contribution in [2.75, 3.05) is 19.0 Å². The fourth-order valence-corrected chi connectivity index (χ4v) is 7.86. The van der Waals surface area contributed by atoms with Crippen molar-refractivity contribution in [2.45, 2.75) is 32.8 Å². The van der Waals surface area contributed by atoms with Crippen molar-refractivity contribution in [3.05, 3.63) is 70.9 Å². The van der Waals surface area contributed by atoms with Gasteiger partial charge in [-0.15, -0.1) is 11.3 Å². The second-order valence-corrected chi connectivity index (χ2v) is 12.2. The lowest BCUT2D eigenvalue weighted by molar-refractivity contribution is -0.136. The second-order valence-electron chi connectivity index (χ2n) is 8.49. The number of nitrogens with one attached hydrogen (secondary N) is 2. The maximum Gasteiger partial charge on any atom is 0.341 e. The Morgan fingerprint density at radius 1 is 1.07 bits per heavy atom. The molecule has 0 saturated heterocycles. The molecular weight excluding hydrogens is 734 g/mol. The van der Waals surface area contributed by atoms with Gasteiger partial charge in [0.25, 0.3) is 0 Å². The van der Waals surface area contributed by atoms with Crippen LogP contribution in [0.15, 0.2) is 48.9 Å². The maximum absolute atomic E-state index is 12.6. The third-order valence-electron chi connectivity index (χ3n) is 5.85. The number of ether oxygens (including phenoxy) is 3. The monoisotopic (exact) mass is 755 g/mol. The Morgan fingerprint density at radius 3 is 2.52 bits per heavy atom. The Hall–Kier alpha value is -2.74. The van der Waals surface area contributed by atoms with Crippen molar-refractivity contribution in [3.8, 4) is 11.5 Å². The lowest BCUT2D eigenvalue weighted by Crippen LogP contribution is -2.32. The summed E-state index contributed by atoms with van der Waals surface area (Å²) in [6, 6.07) is 9.06. The minimum Gasteiger partial charge on any atom is -0.496 e. The molecule has 4 rings (SSSR count). The molecule has 0 fully saturated rings. The van der Waals surface area contributed by atoms with E-state index in [1.165, 1.54) is 17.6 Å². The van der Waals surface area contributed by atoms with Gasteiger partial charge in [-0.3, -0.25) is 9.59 Å². The van der Waals surface area contributed by atoms with Crippen molar-refractivity contribution in [2.24, 2.45) is 5.10 Å². The SMILES string of the molecule is CCOC(=O)c1c(NC(=O)C(=O)NN=Cc2ccc(OC)c(COc3c(Br)cc(Br)cc3Br)c2)sc2c1CCC2. The van der Waals surface area contributed by atoms with Crippen LogP contribution in [-0.4, -0.2) is 37.7 Å². The number of hydrogen-bond acceptors (Lipinski definition) is 8. The number of methoxy groups -OCH3 is 1. The van der Waals surface area contributed by atoms with E-state index in [0.717, 1.165) is 48.7 Å². The number of thiophene rings is 1. The molecule has 2 amide bonds. The van der Waals surface area contributed by atoms with Crippen molar-refractivity contribution in [3.63, 3.8) is 0 Å². The molecule has 1 aromatic heterocycles. The highest BCUT2D eigenvalue weighted by atomic mass is 79.9. The molecule has 0 bridgehead atoms. The molecule has 40 heavy (non-hydrogen) atoms. The zero-order valence-corrected chi connectivity index (χ0v) is 27.0. The van der Waals surface area contributed by atoms with E-state index in [-0.39, 0.29) is 13.2 Å². The number of carbonyl (C=O) groups excluding carboxylic acids is 3. The molecule has 1 heterocycles. The summed E-state index contributed by atoms with van der Waals surface area (Å²) in [6.45, 7) is 2.13. The topological polar surface area (TPSA) is 115 Å². The molecule has 2 aromatic carbocycles. The van der Waals surface area contributed by atoms with Crippen molar-refractivity contribution in [1.82, 2.24) is 5.43 Å². The molecule has 0 spiro atoms.